The highest BCUT2D eigenvalue weighted by atomic mass is 19.4. The van der Waals surface area contributed by atoms with E-state index < -0.39 is 24.6 Å². The molecular formula is C11H11F4NO3. The molecule has 106 valence electrons. The maximum absolute atomic E-state index is 13.4. The van der Waals surface area contributed by atoms with Crippen molar-refractivity contribution < 1.29 is 31.9 Å². The summed E-state index contributed by atoms with van der Waals surface area (Å²) in [5.74, 6) is -1.65. The molecule has 0 atom stereocenters. The fourth-order valence-corrected chi connectivity index (χ4v) is 1.21. The number of hydroxylamine groups is 1. The van der Waals surface area contributed by atoms with Gasteiger partial charge in [0.15, 0.2) is 6.61 Å². The molecule has 4 nitrogen and oxygen atoms in total. The molecular weight excluding hydrogens is 270 g/mol. The summed E-state index contributed by atoms with van der Waals surface area (Å²) in [6, 6.07) is 3.57. The van der Waals surface area contributed by atoms with Crippen LogP contribution >= 0.6 is 0 Å². The molecule has 8 heteroatoms. The molecule has 0 aromatic heterocycles. The summed E-state index contributed by atoms with van der Waals surface area (Å²) in [4.78, 5) is 15.2. The van der Waals surface area contributed by atoms with Crippen molar-refractivity contribution in [2.45, 2.75) is 12.7 Å². The van der Waals surface area contributed by atoms with Gasteiger partial charge >= 0.3 is 12.1 Å². The standard InChI is InChI=1S/C11H11F4NO3/c1-18-10(17)8-3-2-7(4-9(8)12)5-16-19-6-11(13,14)15/h2-4,16H,5-6H2,1H3. The number of methoxy groups -OCH3 is 1. The monoisotopic (exact) mass is 281 g/mol. The smallest absolute Gasteiger partial charge is 0.413 e. The van der Waals surface area contributed by atoms with Crippen LogP contribution in [0.4, 0.5) is 17.6 Å². The molecule has 0 aliphatic carbocycles. The lowest BCUT2D eigenvalue weighted by molar-refractivity contribution is -0.190. The Morgan fingerprint density at radius 3 is 2.58 bits per heavy atom. The predicted molar refractivity (Wildman–Crippen MR) is 56.6 cm³/mol. The van der Waals surface area contributed by atoms with Crippen LogP contribution in [0.25, 0.3) is 0 Å². The zero-order valence-electron chi connectivity index (χ0n) is 9.88. The summed E-state index contributed by atoms with van der Waals surface area (Å²) in [5, 5.41) is 0. The highest BCUT2D eigenvalue weighted by Gasteiger charge is 2.27. The molecule has 0 heterocycles. The Morgan fingerprint density at radius 2 is 2.05 bits per heavy atom. The van der Waals surface area contributed by atoms with Gasteiger partial charge < -0.3 is 4.74 Å². The maximum atomic E-state index is 13.4. The van der Waals surface area contributed by atoms with E-state index in [1.165, 1.54) is 12.1 Å². The van der Waals surface area contributed by atoms with Crippen LogP contribution in [0.15, 0.2) is 18.2 Å². The first kappa shape index (κ1) is 15.4. The second kappa shape index (κ2) is 6.48. The molecule has 0 aliphatic heterocycles. The van der Waals surface area contributed by atoms with E-state index in [1.54, 1.807) is 0 Å². The van der Waals surface area contributed by atoms with Crippen molar-refractivity contribution >= 4 is 5.97 Å². The van der Waals surface area contributed by atoms with Crippen LogP contribution in [-0.2, 0) is 16.1 Å². The van der Waals surface area contributed by atoms with Crippen LogP contribution in [0, 0.1) is 5.82 Å². The number of halogens is 4. The molecule has 19 heavy (non-hydrogen) atoms. The summed E-state index contributed by atoms with van der Waals surface area (Å²) in [6.07, 6.45) is -4.44. The van der Waals surface area contributed by atoms with E-state index in [0.29, 0.717) is 5.56 Å². The Balaban J connectivity index is 2.52. The summed E-state index contributed by atoms with van der Waals surface area (Å²) in [7, 11) is 1.11. The molecule has 1 aromatic rings. The summed E-state index contributed by atoms with van der Waals surface area (Å²) in [5.41, 5.74) is 2.12. The van der Waals surface area contributed by atoms with Crippen LogP contribution < -0.4 is 5.48 Å². The summed E-state index contributed by atoms with van der Waals surface area (Å²) in [6.45, 7) is -1.58. The van der Waals surface area contributed by atoms with Crippen LogP contribution in [-0.4, -0.2) is 25.9 Å². The largest absolute Gasteiger partial charge is 0.465 e. The highest BCUT2D eigenvalue weighted by Crippen LogP contribution is 2.14. The van der Waals surface area contributed by atoms with Crippen molar-refractivity contribution in [1.82, 2.24) is 5.48 Å². The Bertz CT molecular complexity index is 448. The Morgan fingerprint density at radius 1 is 1.37 bits per heavy atom. The predicted octanol–water partition coefficient (Wildman–Crippen LogP) is 2.20. The van der Waals surface area contributed by atoms with E-state index in [1.807, 2.05) is 5.48 Å². The minimum Gasteiger partial charge on any atom is -0.465 e. The van der Waals surface area contributed by atoms with Crippen molar-refractivity contribution in [2.75, 3.05) is 13.7 Å². The van der Waals surface area contributed by atoms with Crippen molar-refractivity contribution in [2.24, 2.45) is 0 Å². The summed E-state index contributed by atoms with van der Waals surface area (Å²) < 4.78 is 53.0. The van der Waals surface area contributed by atoms with Crippen LogP contribution in [0.2, 0.25) is 0 Å². The minimum atomic E-state index is -4.44. The lowest BCUT2D eigenvalue weighted by atomic mass is 10.1. The normalized spacial score (nSPS) is 11.4. The molecule has 0 saturated heterocycles. The van der Waals surface area contributed by atoms with Crippen molar-refractivity contribution in [3.8, 4) is 0 Å². The number of hydrogen-bond acceptors (Lipinski definition) is 4. The quantitative estimate of drug-likeness (QED) is 0.389. The van der Waals surface area contributed by atoms with Gasteiger partial charge in [-0.3, -0.25) is 4.84 Å². The van der Waals surface area contributed by atoms with Gasteiger partial charge in [-0.25, -0.2) is 9.18 Å². The Labute approximate surface area is 106 Å². The van der Waals surface area contributed by atoms with E-state index in [4.69, 9.17) is 0 Å². The van der Waals surface area contributed by atoms with Crippen molar-refractivity contribution in [1.29, 1.82) is 0 Å². The molecule has 1 aromatic carbocycles. The first-order valence-electron chi connectivity index (χ1n) is 5.11. The first-order chi connectivity index (χ1) is 8.83. The van der Waals surface area contributed by atoms with E-state index in [0.717, 1.165) is 13.2 Å². The van der Waals surface area contributed by atoms with Gasteiger partial charge in [-0.2, -0.15) is 18.7 Å². The minimum absolute atomic E-state index is 0.131. The maximum Gasteiger partial charge on any atom is 0.413 e. The van der Waals surface area contributed by atoms with Crippen molar-refractivity contribution in [3.63, 3.8) is 0 Å². The molecule has 1 N–H and O–H groups in total. The zero-order chi connectivity index (χ0) is 14.5. The third-order valence-electron chi connectivity index (χ3n) is 2.05. The number of ether oxygens (including phenoxy) is 1. The SMILES string of the molecule is COC(=O)c1ccc(CNOCC(F)(F)F)cc1F. The zero-order valence-corrected chi connectivity index (χ0v) is 9.88. The Kier molecular flexibility index (Phi) is 5.25. The number of hydrogen-bond donors (Lipinski definition) is 1. The molecule has 0 unspecified atom stereocenters. The molecule has 1 rings (SSSR count). The van der Waals surface area contributed by atoms with E-state index in [2.05, 4.69) is 9.57 Å². The molecule has 0 fully saturated rings. The van der Waals surface area contributed by atoms with Crippen LogP contribution in [0.3, 0.4) is 0 Å². The lowest BCUT2D eigenvalue weighted by Gasteiger charge is -2.09. The van der Waals surface area contributed by atoms with Gasteiger partial charge in [0.25, 0.3) is 0 Å². The first-order valence-corrected chi connectivity index (χ1v) is 5.11. The van der Waals surface area contributed by atoms with E-state index in [-0.39, 0.29) is 12.1 Å². The van der Waals surface area contributed by atoms with Gasteiger partial charge in [0.2, 0.25) is 0 Å². The highest BCUT2D eigenvalue weighted by molar-refractivity contribution is 5.89. The van der Waals surface area contributed by atoms with Crippen LogP contribution in [0.1, 0.15) is 15.9 Å². The average Bonchev–Trinajstić information content (AvgIpc) is 2.33. The molecule has 0 saturated carbocycles. The fourth-order valence-electron chi connectivity index (χ4n) is 1.21. The second-order valence-corrected chi connectivity index (χ2v) is 3.53. The van der Waals surface area contributed by atoms with Gasteiger partial charge in [0.1, 0.15) is 5.82 Å². The molecule has 0 radical (unpaired) electrons. The topological polar surface area (TPSA) is 47.6 Å². The second-order valence-electron chi connectivity index (χ2n) is 3.53. The number of carbonyl (C=O) groups is 1. The Hall–Kier alpha value is -1.67. The van der Waals surface area contributed by atoms with Gasteiger partial charge in [-0.1, -0.05) is 6.07 Å². The molecule has 0 amide bonds. The number of carbonyl (C=O) groups excluding carboxylic acids is 1. The number of alkyl halides is 3. The third-order valence-corrected chi connectivity index (χ3v) is 2.05. The van der Waals surface area contributed by atoms with Gasteiger partial charge in [0, 0.05) is 6.54 Å². The summed E-state index contributed by atoms with van der Waals surface area (Å²) >= 11 is 0. The average molecular weight is 281 g/mol. The van der Waals surface area contributed by atoms with Gasteiger partial charge in [0.05, 0.1) is 12.7 Å². The van der Waals surface area contributed by atoms with Gasteiger partial charge in [-0.05, 0) is 17.7 Å². The molecule has 0 bridgehead atoms. The number of rotatable bonds is 5. The number of esters is 1. The number of benzene rings is 1. The molecule has 0 aliphatic rings. The number of nitrogens with one attached hydrogen (secondary N) is 1. The fraction of sp³-hybridized carbons (Fsp3) is 0.364. The van der Waals surface area contributed by atoms with E-state index >= 15 is 0 Å². The lowest BCUT2D eigenvalue weighted by Crippen LogP contribution is -2.24. The van der Waals surface area contributed by atoms with Crippen molar-refractivity contribution in [3.05, 3.63) is 35.1 Å². The van der Waals surface area contributed by atoms with Gasteiger partial charge in [-0.15, -0.1) is 0 Å². The third kappa shape index (κ3) is 5.23. The molecule has 0 spiro atoms. The van der Waals surface area contributed by atoms with E-state index in [9.17, 15) is 22.4 Å². The van der Waals surface area contributed by atoms with Crippen LogP contribution in [0.5, 0.6) is 0 Å².